The van der Waals surface area contributed by atoms with Gasteiger partial charge < -0.3 is 15.2 Å². The van der Waals surface area contributed by atoms with Crippen molar-refractivity contribution in [1.29, 1.82) is 0 Å². The number of aliphatic hydroxyl groups is 1. The summed E-state index contributed by atoms with van der Waals surface area (Å²) in [5.74, 6) is 0.915. The number of β-amino-alcohol motifs (C(OH)–C–C–N with tert-alkyl or cyclic N) is 1. The van der Waals surface area contributed by atoms with Gasteiger partial charge in [0.1, 0.15) is 5.75 Å². The van der Waals surface area contributed by atoms with Gasteiger partial charge in [-0.1, -0.05) is 11.6 Å². The normalized spacial score (nSPS) is 20.7. The van der Waals surface area contributed by atoms with Gasteiger partial charge in [0.05, 0.1) is 24.3 Å². The second-order valence-corrected chi connectivity index (χ2v) is 6.33. The molecule has 1 amide bonds. The summed E-state index contributed by atoms with van der Waals surface area (Å²) in [7, 11) is 1.55. The predicted molar refractivity (Wildman–Crippen MR) is 80.7 cm³/mol. The Morgan fingerprint density at radius 3 is 2.81 bits per heavy atom. The highest BCUT2D eigenvalue weighted by atomic mass is 35.5. The highest BCUT2D eigenvalue weighted by molar-refractivity contribution is 6.32. The monoisotopic (exact) mass is 310 g/mol. The molecule has 3 rings (SSSR count). The van der Waals surface area contributed by atoms with Gasteiger partial charge in [0, 0.05) is 18.8 Å². The van der Waals surface area contributed by atoms with Gasteiger partial charge in [0.25, 0.3) is 0 Å². The van der Waals surface area contributed by atoms with Gasteiger partial charge >= 0.3 is 0 Å². The van der Waals surface area contributed by atoms with E-state index in [-0.39, 0.29) is 5.91 Å². The van der Waals surface area contributed by atoms with Crippen LogP contribution in [0.1, 0.15) is 12.8 Å². The number of hydrogen-bond donors (Lipinski definition) is 2. The number of carbonyl (C=O) groups is 1. The van der Waals surface area contributed by atoms with Gasteiger partial charge in [-0.25, -0.2) is 0 Å². The standard InChI is InChI=1S/C15H19ClN2O3/c1-21-13-5-4-11(6-12(13)16)17-14(19)7-18-8-15(20,9-18)10-2-3-10/h4-6,10,20H,2-3,7-9H2,1H3,(H,17,19). The molecule has 1 aliphatic heterocycles. The molecule has 2 N–H and O–H groups in total. The van der Waals surface area contributed by atoms with Crippen LogP contribution in [0.5, 0.6) is 5.75 Å². The second kappa shape index (κ2) is 5.48. The molecule has 0 bridgehead atoms. The van der Waals surface area contributed by atoms with Crippen molar-refractivity contribution in [3.63, 3.8) is 0 Å². The van der Waals surface area contributed by atoms with E-state index in [0.29, 0.717) is 42.0 Å². The zero-order valence-corrected chi connectivity index (χ0v) is 12.7. The summed E-state index contributed by atoms with van der Waals surface area (Å²) in [5.41, 5.74) is 0.0905. The molecule has 5 nitrogen and oxygen atoms in total. The SMILES string of the molecule is COc1ccc(NC(=O)CN2CC(O)(C3CC3)C2)cc1Cl. The quantitative estimate of drug-likeness (QED) is 0.870. The molecular weight excluding hydrogens is 292 g/mol. The molecule has 1 saturated carbocycles. The van der Waals surface area contributed by atoms with Crippen molar-refractivity contribution in [2.75, 3.05) is 32.1 Å². The number of amides is 1. The van der Waals surface area contributed by atoms with Crippen LogP contribution in [0.3, 0.4) is 0 Å². The Balaban J connectivity index is 1.49. The maximum Gasteiger partial charge on any atom is 0.238 e. The van der Waals surface area contributed by atoms with Crippen LogP contribution < -0.4 is 10.1 Å². The molecule has 0 aromatic heterocycles. The zero-order chi connectivity index (χ0) is 15.0. The summed E-state index contributed by atoms with van der Waals surface area (Å²) >= 11 is 6.02. The van der Waals surface area contributed by atoms with E-state index in [4.69, 9.17) is 16.3 Å². The minimum Gasteiger partial charge on any atom is -0.495 e. The smallest absolute Gasteiger partial charge is 0.238 e. The third-order valence-electron chi connectivity index (χ3n) is 4.13. The lowest BCUT2D eigenvalue weighted by Crippen LogP contribution is -2.64. The Labute approximate surface area is 128 Å². The number of ether oxygens (including phenoxy) is 1. The van der Waals surface area contributed by atoms with Crippen LogP contribution in [0.2, 0.25) is 5.02 Å². The van der Waals surface area contributed by atoms with Gasteiger partial charge in [0.2, 0.25) is 5.91 Å². The first kappa shape index (κ1) is 14.6. The summed E-state index contributed by atoms with van der Waals surface area (Å²) < 4.78 is 5.07. The lowest BCUT2D eigenvalue weighted by atomic mass is 9.89. The molecule has 21 heavy (non-hydrogen) atoms. The summed E-state index contributed by atoms with van der Waals surface area (Å²) in [6.07, 6.45) is 2.22. The molecule has 0 radical (unpaired) electrons. The van der Waals surface area contributed by atoms with Crippen molar-refractivity contribution in [3.05, 3.63) is 23.2 Å². The molecule has 1 aliphatic carbocycles. The van der Waals surface area contributed by atoms with Crippen LogP contribution in [0, 0.1) is 5.92 Å². The average Bonchev–Trinajstić information content (AvgIpc) is 3.21. The third kappa shape index (κ3) is 3.15. The second-order valence-electron chi connectivity index (χ2n) is 5.92. The Morgan fingerprint density at radius 2 is 2.24 bits per heavy atom. The van der Waals surface area contributed by atoms with E-state index < -0.39 is 5.60 Å². The molecule has 6 heteroatoms. The summed E-state index contributed by atoms with van der Waals surface area (Å²) in [5, 5.41) is 13.5. The van der Waals surface area contributed by atoms with Crippen LogP contribution in [0.15, 0.2) is 18.2 Å². The summed E-state index contributed by atoms with van der Waals surface area (Å²) in [6.45, 7) is 1.47. The molecular formula is C15H19ClN2O3. The fourth-order valence-corrected chi connectivity index (χ4v) is 3.12. The van der Waals surface area contributed by atoms with E-state index in [1.165, 1.54) is 0 Å². The first-order valence-electron chi connectivity index (χ1n) is 7.08. The van der Waals surface area contributed by atoms with E-state index in [1.807, 2.05) is 4.90 Å². The maximum absolute atomic E-state index is 12.0. The molecule has 0 atom stereocenters. The Kier molecular flexibility index (Phi) is 3.82. The number of likely N-dealkylation sites (tertiary alicyclic amines) is 1. The van der Waals surface area contributed by atoms with Crippen molar-refractivity contribution in [2.45, 2.75) is 18.4 Å². The number of halogens is 1. The van der Waals surface area contributed by atoms with Gasteiger partial charge in [0.15, 0.2) is 0 Å². The van der Waals surface area contributed by atoms with E-state index >= 15 is 0 Å². The van der Waals surface area contributed by atoms with Crippen LogP contribution in [-0.2, 0) is 4.79 Å². The number of nitrogens with zero attached hydrogens (tertiary/aromatic N) is 1. The Hall–Kier alpha value is -1.30. The van der Waals surface area contributed by atoms with E-state index in [9.17, 15) is 9.90 Å². The predicted octanol–water partition coefficient (Wildman–Crippen LogP) is 1.74. The minimum atomic E-state index is -0.552. The van der Waals surface area contributed by atoms with Crippen molar-refractivity contribution in [1.82, 2.24) is 4.90 Å². The highest BCUT2D eigenvalue weighted by Gasteiger charge is 2.51. The van der Waals surface area contributed by atoms with Crippen molar-refractivity contribution >= 4 is 23.2 Å². The fraction of sp³-hybridized carbons (Fsp3) is 0.533. The zero-order valence-electron chi connectivity index (χ0n) is 11.9. The van der Waals surface area contributed by atoms with E-state index in [0.717, 1.165) is 12.8 Å². The first-order chi connectivity index (χ1) is 10.00. The number of benzene rings is 1. The molecule has 0 unspecified atom stereocenters. The number of nitrogens with one attached hydrogen (secondary N) is 1. The van der Waals surface area contributed by atoms with Crippen molar-refractivity contribution in [2.24, 2.45) is 5.92 Å². The molecule has 0 spiro atoms. The molecule has 2 aliphatic rings. The van der Waals surface area contributed by atoms with E-state index in [1.54, 1.807) is 25.3 Å². The molecule has 1 heterocycles. The third-order valence-corrected chi connectivity index (χ3v) is 4.43. The van der Waals surface area contributed by atoms with Crippen LogP contribution >= 0.6 is 11.6 Å². The molecule has 2 fully saturated rings. The van der Waals surface area contributed by atoms with Crippen molar-refractivity contribution in [3.8, 4) is 5.75 Å². The topological polar surface area (TPSA) is 61.8 Å². The summed E-state index contributed by atoms with van der Waals surface area (Å²) in [4.78, 5) is 13.9. The highest BCUT2D eigenvalue weighted by Crippen LogP contribution is 2.44. The maximum atomic E-state index is 12.0. The molecule has 114 valence electrons. The lowest BCUT2D eigenvalue weighted by Gasteiger charge is -2.46. The molecule has 1 aromatic carbocycles. The number of hydrogen-bond acceptors (Lipinski definition) is 4. The van der Waals surface area contributed by atoms with Crippen LogP contribution in [-0.4, -0.2) is 48.3 Å². The van der Waals surface area contributed by atoms with Crippen LogP contribution in [0.4, 0.5) is 5.69 Å². The number of rotatable bonds is 5. The Bertz CT molecular complexity index is 554. The average molecular weight is 311 g/mol. The van der Waals surface area contributed by atoms with Gasteiger partial charge in [-0.2, -0.15) is 0 Å². The minimum absolute atomic E-state index is 0.103. The first-order valence-corrected chi connectivity index (χ1v) is 7.46. The van der Waals surface area contributed by atoms with Gasteiger partial charge in [-0.05, 0) is 37.0 Å². The molecule has 1 aromatic rings. The van der Waals surface area contributed by atoms with Gasteiger partial charge in [-0.3, -0.25) is 9.69 Å². The van der Waals surface area contributed by atoms with Crippen LogP contribution in [0.25, 0.3) is 0 Å². The van der Waals surface area contributed by atoms with Gasteiger partial charge in [-0.15, -0.1) is 0 Å². The summed E-state index contributed by atoms with van der Waals surface area (Å²) in [6, 6.07) is 5.13. The molecule has 1 saturated heterocycles. The number of methoxy groups -OCH3 is 1. The largest absolute Gasteiger partial charge is 0.495 e. The lowest BCUT2D eigenvalue weighted by molar-refractivity contribution is -0.132. The number of anilines is 1. The van der Waals surface area contributed by atoms with E-state index in [2.05, 4.69) is 5.32 Å². The number of carbonyl (C=O) groups excluding carboxylic acids is 1. The van der Waals surface area contributed by atoms with Crippen molar-refractivity contribution < 1.29 is 14.6 Å². The fourth-order valence-electron chi connectivity index (χ4n) is 2.87. The Morgan fingerprint density at radius 1 is 1.52 bits per heavy atom.